The first-order valence-corrected chi connectivity index (χ1v) is 5.43. The molecule has 0 saturated carbocycles. The van der Waals surface area contributed by atoms with E-state index in [1.165, 1.54) is 0 Å². The van der Waals surface area contributed by atoms with Crippen molar-refractivity contribution in [2.24, 2.45) is 0 Å². The van der Waals surface area contributed by atoms with Gasteiger partial charge < -0.3 is 5.32 Å². The maximum Gasteiger partial charge on any atom is 0.174 e. The highest BCUT2D eigenvalue weighted by molar-refractivity contribution is 6.32. The summed E-state index contributed by atoms with van der Waals surface area (Å²) >= 11 is 12.3. The van der Waals surface area contributed by atoms with Gasteiger partial charge in [0.15, 0.2) is 5.00 Å². The lowest BCUT2D eigenvalue weighted by Gasteiger charge is -2.31. The van der Waals surface area contributed by atoms with E-state index in [9.17, 15) is 0 Å². The number of alkyl halides is 1. The number of benzene rings is 1. The Morgan fingerprint density at radius 2 is 1.88 bits per heavy atom. The number of nitrogens with zero attached hydrogens (tertiary/aromatic N) is 1. The van der Waals surface area contributed by atoms with Gasteiger partial charge in [0.25, 0.3) is 0 Å². The number of nitrogens with one attached hydrogen (secondary N) is 1. The van der Waals surface area contributed by atoms with E-state index in [1.54, 1.807) is 12.2 Å². The highest BCUT2D eigenvalue weighted by Crippen LogP contribution is 2.37. The van der Waals surface area contributed by atoms with Gasteiger partial charge in [-0.1, -0.05) is 53.5 Å². The van der Waals surface area contributed by atoms with Crippen LogP contribution >= 0.6 is 23.2 Å². The molecule has 0 bridgehead atoms. The quantitative estimate of drug-likeness (QED) is 0.614. The molecule has 1 N–H and O–H groups in total. The average Bonchev–Trinajstić information content (AvgIpc) is 2.30. The molecular formula is C12H8Cl2N2. The van der Waals surface area contributed by atoms with Gasteiger partial charge in [0.2, 0.25) is 0 Å². The Kier molecular flexibility index (Phi) is 2.91. The van der Waals surface area contributed by atoms with E-state index < -0.39 is 5.00 Å². The second-order valence-corrected chi connectivity index (χ2v) is 4.33. The molecule has 0 amide bonds. The van der Waals surface area contributed by atoms with Crippen LogP contribution in [0.3, 0.4) is 0 Å². The number of nitriles is 1. The molecule has 1 aromatic carbocycles. The molecule has 1 aliphatic rings. The van der Waals surface area contributed by atoms with Crippen LogP contribution in [0.5, 0.6) is 0 Å². The zero-order valence-corrected chi connectivity index (χ0v) is 9.76. The van der Waals surface area contributed by atoms with Gasteiger partial charge in [-0.2, -0.15) is 5.26 Å². The first-order chi connectivity index (χ1) is 7.66. The molecule has 16 heavy (non-hydrogen) atoms. The number of halogens is 2. The van der Waals surface area contributed by atoms with Crippen LogP contribution in [-0.2, 0) is 5.00 Å². The van der Waals surface area contributed by atoms with E-state index in [0.717, 1.165) is 5.56 Å². The van der Waals surface area contributed by atoms with Gasteiger partial charge in [-0.15, -0.1) is 0 Å². The third-order valence-corrected chi connectivity index (χ3v) is 3.09. The van der Waals surface area contributed by atoms with E-state index in [-0.39, 0.29) is 0 Å². The second kappa shape index (κ2) is 4.21. The minimum Gasteiger partial charge on any atom is -0.349 e. The third kappa shape index (κ3) is 1.80. The monoisotopic (exact) mass is 250 g/mol. The Balaban J connectivity index is 2.51. The summed E-state index contributed by atoms with van der Waals surface area (Å²) in [5, 5.41) is 12.4. The fraction of sp³-hybridized carbons (Fsp3) is 0.0833. The predicted molar refractivity (Wildman–Crippen MR) is 64.7 cm³/mol. The lowest BCUT2D eigenvalue weighted by molar-refractivity contribution is 0.632. The molecule has 1 atom stereocenters. The van der Waals surface area contributed by atoms with E-state index in [1.807, 2.05) is 30.3 Å². The predicted octanol–water partition coefficient (Wildman–Crippen LogP) is 3.21. The fourth-order valence-corrected chi connectivity index (χ4v) is 2.14. The summed E-state index contributed by atoms with van der Waals surface area (Å²) in [7, 11) is 0. The summed E-state index contributed by atoms with van der Waals surface area (Å²) < 4.78 is 0. The molecule has 1 aliphatic heterocycles. The number of hydrogen-bond donors (Lipinski definition) is 1. The van der Waals surface area contributed by atoms with Crippen LogP contribution in [0.1, 0.15) is 5.56 Å². The van der Waals surface area contributed by atoms with E-state index in [4.69, 9.17) is 28.5 Å². The Labute approximate surface area is 104 Å². The third-order valence-electron chi connectivity index (χ3n) is 2.35. The zero-order chi connectivity index (χ0) is 11.6. The molecular weight excluding hydrogens is 243 g/mol. The minimum absolute atomic E-state index is 0.415. The molecule has 2 rings (SSSR count). The van der Waals surface area contributed by atoms with E-state index in [0.29, 0.717) is 10.7 Å². The lowest BCUT2D eigenvalue weighted by atomic mass is 9.97. The lowest BCUT2D eigenvalue weighted by Crippen LogP contribution is -2.38. The molecule has 80 valence electrons. The smallest absolute Gasteiger partial charge is 0.174 e. The number of dihydropyridines is 1. The molecule has 0 fully saturated rings. The van der Waals surface area contributed by atoms with Gasteiger partial charge >= 0.3 is 0 Å². The Bertz CT molecular complexity index is 500. The van der Waals surface area contributed by atoms with Crippen LogP contribution in [0, 0.1) is 11.3 Å². The fourth-order valence-electron chi connectivity index (χ4n) is 1.55. The Morgan fingerprint density at radius 1 is 1.19 bits per heavy atom. The van der Waals surface area contributed by atoms with Gasteiger partial charge in [0, 0.05) is 0 Å². The van der Waals surface area contributed by atoms with Crippen molar-refractivity contribution in [3.05, 3.63) is 58.8 Å². The molecule has 0 aromatic heterocycles. The van der Waals surface area contributed by atoms with Crippen molar-refractivity contribution < 1.29 is 0 Å². The van der Waals surface area contributed by atoms with Crippen LogP contribution in [0.15, 0.2) is 53.2 Å². The minimum atomic E-state index is -1.07. The van der Waals surface area contributed by atoms with Crippen LogP contribution in [-0.4, -0.2) is 0 Å². The Morgan fingerprint density at radius 3 is 2.50 bits per heavy atom. The summed E-state index contributed by atoms with van der Waals surface area (Å²) in [4.78, 5) is -1.07. The SMILES string of the molecule is N#CC1=CC=C(Cl)NC1(Cl)c1ccccc1. The molecule has 0 aliphatic carbocycles. The van der Waals surface area contributed by atoms with Crippen molar-refractivity contribution in [1.82, 2.24) is 5.32 Å². The maximum absolute atomic E-state index is 9.06. The van der Waals surface area contributed by atoms with Gasteiger partial charge in [-0.05, 0) is 17.7 Å². The van der Waals surface area contributed by atoms with E-state index >= 15 is 0 Å². The highest BCUT2D eigenvalue weighted by atomic mass is 35.5. The largest absolute Gasteiger partial charge is 0.349 e. The molecule has 0 radical (unpaired) electrons. The molecule has 0 spiro atoms. The standard InChI is InChI=1S/C12H8Cl2N2/c13-11-7-6-10(8-15)12(14,16-11)9-4-2-1-3-5-9/h1-7,16H. The molecule has 4 heteroatoms. The van der Waals surface area contributed by atoms with Gasteiger partial charge in [-0.25, -0.2) is 0 Å². The summed E-state index contributed by atoms with van der Waals surface area (Å²) in [6.45, 7) is 0. The van der Waals surface area contributed by atoms with Crippen LogP contribution in [0.4, 0.5) is 0 Å². The van der Waals surface area contributed by atoms with Gasteiger partial charge in [0.1, 0.15) is 5.16 Å². The van der Waals surface area contributed by atoms with E-state index in [2.05, 4.69) is 11.4 Å². The van der Waals surface area contributed by atoms with Crippen LogP contribution in [0.25, 0.3) is 0 Å². The van der Waals surface area contributed by atoms with Crippen molar-refractivity contribution in [1.29, 1.82) is 5.26 Å². The molecule has 0 saturated heterocycles. The number of hydrogen-bond acceptors (Lipinski definition) is 2. The van der Waals surface area contributed by atoms with Crippen LogP contribution < -0.4 is 5.32 Å². The number of rotatable bonds is 1. The first-order valence-electron chi connectivity index (χ1n) is 4.67. The second-order valence-electron chi connectivity index (χ2n) is 3.36. The van der Waals surface area contributed by atoms with Crippen LogP contribution in [0.2, 0.25) is 0 Å². The van der Waals surface area contributed by atoms with Gasteiger partial charge in [0.05, 0.1) is 11.6 Å². The normalized spacial score (nSPS) is 23.8. The summed E-state index contributed by atoms with van der Waals surface area (Å²) in [5.74, 6) is 0. The number of allylic oxidation sites excluding steroid dienone is 2. The van der Waals surface area contributed by atoms with Crippen molar-refractivity contribution in [3.8, 4) is 6.07 Å². The Hall–Kier alpha value is -1.43. The average molecular weight is 251 g/mol. The molecule has 2 nitrogen and oxygen atoms in total. The zero-order valence-electron chi connectivity index (χ0n) is 8.24. The van der Waals surface area contributed by atoms with Crippen molar-refractivity contribution >= 4 is 23.2 Å². The molecule has 1 aromatic rings. The summed E-state index contributed by atoms with van der Waals surface area (Å²) in [6, 6.07) is 11.4. The first kappa shape index (κ1) is 11.1. The summed E-state index contributed by atoms with van der Waals surface area (Å²) in [6.07, 6.45) is 3.24. The molecule has 1 unspecified atom stereocenters. The van der Waals surface area contributed by atoms with Crippen molar-refractivity contribution in [2.75, 3.05) is 0 Å². The highest BCUT2D eigenvalue weighted by Gasteiger charge is 2.36. The van der Waals surface area contributed by atoms with Crippen molar-refractivity contribution in [3.63, 3.8) is 0 Å². The molecule has 1 heterocycles. The van der Waals surface area contributed by atoms with Gasteiger partial charge in [-0.3, -0.25) is 0 Å². The van der Waals surface area contributed by atoms with Crippen molar-refractivity contribution in [2.45, 2.75) is 5.00 Å². The summed E-state index contributed by atoms with van der Waals surface area (Å²) in [5.41, 5.74) is 1.21. The topological polar surface area (TPSA) is 35.8 Å². The maximum atomic E-state index is 9.06.